The summed E-state index contributed by atoms with van der Waals surface area (Å²) in [7, 11) is 0. The van der Waals surface area contributed by atoms with Crippen LogP contribution < -0.4 is 15.4 Å². The minimum absolute atomic E-state index is 0.160. The number of rotatable bonds is 8. The molecule has 0 aliphatic heterocycles. The topological polar surface area (TPSA) is 76.1 Å². The van der Waals surface area contributed by atoms with Gasteiger partial charge in [0.2, 0.25) is 11.0 Å². The van der Waals surface area contributed by atoms with Crippen LogP contribution in [0, 0.1) is 5.82 Å². The summed E-state index contributed by atoms with van der Waals surface area (Å²) < 4.78 is 19.4. The number of anilines is 3. The standard InChI is InChI=1S/C19H19FN4O2S2/c1-3-26-16-10-5-4-9-15(16)22-17(25)12(2)27-19-24-23-18(28-19)21-14-8-6-7-13(20)11-14/h4-12H,3H2,1-2H3,(H,21,23)(H,22,25)/t12-/m0/s1. The van der Waals surface area contributed by atoms with Crippen LogP contribution >= 0.6 is 23.1 Å². The number of benzene rings is 2. The molecule has 0 spiro atoms. The molecule has 9 heteroatoms. The predicted octanol–water partition coefficient (Wildman–Crippen LogP) is 4.94. The number of carbonyl (C=O) groups is 1. The molecule has 0 bridgehead atoms. The Hall–Kier alpha value is -2.65. The highest BCUT2D eigenvalue weighted by Gasteiger charge is 2.18. The molecule has 1 aromatic heterocycles. The fourth-order valence-corrected chi connectivity index (χ4v) is 4.20. The maximum Gasteiger partial charge on any atom is 0.237 e. The first-order valence-corrected chi connectivity index (χ1v) is 10.3. The Morgan fingerprint density at radius 3 is 2.86 bits per heavy atom. The predicted molar refractivity (Wildman–Crippen MR) is 111 cm³/mol. The van der Waals surface area contributed by atoms with Gasteiger partial charge in [0.25, 0.3) is 0 Å². The SMILES string of the molecule is CCOc1ccccc1NC(=O)[C@H](C)Sc1nnc(Nc2cccc(F)c2)s1. The van der Waals surface area contributed by atoms with Gasteiger partial charge in [0.15, 0.2) is 4.34 Å². The van der Waals surface area contributed by atoms with E-state index in [4.69, 9.17) is 4.74 Å². The Labute approximate surface area is 170 Å². The highest BCUT2D eigenvalue weighted by Crippen LogP contribution is 2.31. The number of para-hydroxylation sites is 2. The van der Waals surface area contributed by atoms with Crippen LogP contribution in [0.15, 0.2) is 52.9 Å². The average Bonchev–Trinajstić information content (AvgIpc) is 3.10. The van der Waals surface area contributed by atoms with Crippen LogP contribution in [0.4, 0.5) is 20.9 Å². The van der Waals surface area contributed by atoms with Gasteiger partial charge in [0.05, 0.1) is 17.5 Å². The fourth-order valence-electron chi connectivity index (χ4n) is 2.29. The molecule has 0 radical (unpaired) electrons. The zero-order chi connectivity index (χ0) is 19.9. The van der Waals surface area contributed by atoms with Crippen LogP contribution in [0.5, 0.6) is 5.75 Å². The monoisotopic (exact) mass is 418 g/mol. The summed E-state index contributed by atoms with van der Waals surface area (Å²) in [6, 6.07) is 13.4. The van der Waals surface area contributed by atoms with Gasteiger partial charge in [-0.05, 0) is 44.2 Å². The van der Waals surface area contributed by atoms with Crippen LogP contribution in [0.2, 0.25) is 0 Å². The van der Waals surface area contributed by atoms with Gasteiger partial charge < -0.3 is 15.4 Å². The van der Waals surface area contributed by atoms with Crippen LogP contribution in [-0.2, 0) is 4.79 Å². The quantitative estimate of drug-likeness (QED) is 0.505. The zero-order valence-corrected chi connectivity index (χ0v) is 16.9. The van der Waals surface area contributed by atoms with E-state index < -0.39 is 0 Å². The number of nitrogens with one attached hydrogen (secondary N) is 2. The maximum absolute atomic E-state index is 13.3. The van der Waals surface area contributed by atoms with E-state index in [0.29, 0.717) is 33.2 Å². The van der Waals surface area contributed by atoms with Gasteiger partial charge >= 0.3 is 0 Å². The molecule has 3 rings (SSSR count). The Balaban J connectivity index is 1.59. The zero-order valence-electron chi connectivity index (χ0n) is 15.3. The molecule has 0 unspecified atom stereocenters. The molecule has 146 valence electrons. The summed E-state index contributed by atoms with van der Waals surface area (Å²) >= 11 is 2.60. The van der Waals surface area contributed by atoms with E-state index in [1.54, 1.807) is 25.1 Å². The molecule has 3 aromatic rings. The lowest BCUT2D eigenvalue weighted by molar-refractivity contribution is -0.115. The van der Waals surface area contributed by atoms with Gasteiger partial charge in [-0.15, -0.1) is 10.2 Å². The third-order valence-electron chi connectivity index (χ3n) is 3.57. The molecule has 28 heavy (non-hydrogen) atoms. The Morgan fingerprint density at radius 1 is 1.25 bits per heavy atom. The first-order chi connectivity index (χ1) is 13.5. The first-order valence-electron chi connectivity index (χ1n) is 8.60. The molecule has 0 aliphatic carbocycles. The molecule has 1 amide bonds. The summed E-state index contributed by atoms with van der Waals surface area (Å²) in [5.74, 6) is 0.141. The van der Waals surface area contributed by atoms with Gasteiger partial charge in [-0.3, -0.25) is 4.79 Å². The molecule has 1 atom stereocenters. The number of thioether (sulfide) groups is 1. The molecule has 0 saturated heterocycles. The number of halogens is 1. The van der Waals surface area contributed by atoms with Crippen LogP contribution in [0.25, 0.3) is 0 Å². The first kappa shape index (κ1) is 20.1. The maximum atomic E-state index is 13.3. The van der Waals surface area contributed by atoms with E-state index in [0.717, 1.165) is 0 Å². The Kier molecular flexibility index (Phi) is 6.83. The minimum Gasteiger partial charge on any atom is -0.492 e. The summed E-state index contributed by atoms with van der Waals surface area (Å²) in [6.45, 7) is 4.20. The van der Waals surface area contributed by atoms with E-state index in [9.17, 15) is 9.18 Å². The summed E-state index contributed by atoms with van der Waals surface area (Å²) in [5.41, 5.74) is 1.22. The summed E-state index contributed by atoms with van der Waals surface area (Å²) in [5, 5.41) is 14.2. The Morgan fingerprint density at radius 2 is 2.07 bits per heavy atom. The second kappa shape index (κ2) is 9.52. The highest BCUT2D eigenvalue weighted by molar-refractivity contribution is 8.02. The number of nitrogens with zero attached hydrogens (tertiary/aromatic N) is 2. The van der Waals surface area contributed by atoms with Crippen molar-refractivity contribution in [2.75, 3.05) is 17.2 Å². The highest BCUT2D eigenvalue weighted by atomic mass is 32.2. The molecule has 0 fully saturated rings. The molecular formula is C19H19FN4O2S2. The van der Waals surface area contributed by atoms with Crippen LogP contribution in [-0.4, -0.2) is 28.0 Å². The lowest BCUT2D eigenvalue weighted by Crippen LogP contribution is -2.22. The van der Waals surface area contributed by atoms with E-state index in [2.05, 4.69) is 20.8 Å². The number of carbonyl (C=O) groups excluding carboxylic acids is 1. The lowest BCUT2D eigenvalue weighted by Gasteiger charge is -2.13. The van der Waals surface area contributed by atoms with Gasteiger partial charge in [0.1, 0.15) is 11.6 Å². The van der Waals surface area contributed by atoms with Gasteiger partial charge in [-0.1, -0.05) is 41.3 Å². The van der Waals surface area contributed by atoms with Crippen LogP contribution in [0.3, 0.4) is 0 Å². The van der Waals surface area contributed by atoms with E-state index in [1.807, 2.05) is 25.1 Å². The number of hydrogen-bond acceptors (Lipinski definition) is 7. The smallest absolute Gasteiger partial charge is 0.237 e. The van der Waals surface area contributed by atoms with Crippen molar-refractivity contribution in [3.8, 4) is 5.75 Å². The molecule has 0 aliphatic rings. The van der Waals surface area contributed by atoms with Crippen molar-refractivity contribution in [3.63, 3.8) is 0 Å². The number of hydrogen-bond donors (Lipinski definition) is 2. The van der Waals surface area contributed by atoms with Crippen molar-refractivity contribution in [3.05, 3.63) is 54.3 Å². The number of aromatic nitrogens is 2. The van der Waals surface area contributed by atoms with Crippen molar-refractivity contribution >= 4 is 45.5 Å². The molecule has 1 heterocycles. The Bertz CT molecular complexity index is 951. The van der Waals surface area contributed by atoms with Crippen molar-refractivity contribution in [1.82, 2.24) is 10.2 Å². The summed E-state index contributed by atoms with van der Waals surface area (Å²) in [4.78, 5) is 12.5. The van der Waals surface area contributed by atoms with Crippen molar-refractivity contribution in [2.45, 2.75) is 23.4 Å². The number of amides is 1. The van der Waals surface area contributed by atoms with E-state index in [1.165, 1.54) is 35.2 Å². The second-order valence-electron chi connectivity index (χ2n) is 5.69. The molecule has 2 N–H and O–H groups in total. The van der Waals surface area contributed by atoms with Crippen LogP contribution in [0.1, 0.15) is 13.8 Å². The van der Waals surface area contributed by atoms with Crippen molar-refractivity contribution in [1.29, 1.82) is 0 Å². The van der Waals surface area contributed by atoms with Gasteiger partial charge in [-0.2, -0.15) is 0 Å². The van der Waals surface area contributed by atoms with Crippen molar-refractivity contribution < 1.29 is 13.9 Å². The fraction of sp³-hybridized carbons (Fsp3) is 0.211. The van der Waals surface area contributed by atoms with Crippen molar-refractivity contribution in [2.24, 2.45) is 0 Å². The largest absolute Gasteiger partial charge is 0.492 e. The van der Waals surface area contributed by atoms with E-state index >= 15 is 0 Å². The number of ether oxygens (including phenoxy) is 1. The normalized spacial score (nSPS) is 11.7. The summed E-state index contributed by atoms with van der Waals surface area (Å²) in [6.07, 6.45) is 0. The average molecular weight is 419 g/mol. The molecule has 0 saturated carbocycles. The molecule has 2 aromatic carbocycles. The molecule has 6 nitrogen and oxygen atoms in total. The van der Waals surface area contributed by atoms with Gasteiger partial charge in [-0.25, -0.2) is 4.39 Å². The molecular weight excluding hydrogens is 399 g/mol. The van der Waals surface area contributed by atoms with E-state index in [-0.39, 0.29) is 17.0 Å². The second-order valence-corrected chi connectivity index (χ2v) is 8.25. The third-order valence-corrected chi connectivity index (χ3v) is 5.60. The minimum atomic E-state index is -0.385. The third kappa shape index (κ3) is 5.43. The van der Waals surface area contributed by atoms with Gasteiger partial charge in [0, 0.05) is 5.69 Å². The lowest BCUT2D eigenvalue weighted by atomic mass is 10.3.